The van der Waals surface area contributed by atoms with Crippen LogP contribution < -0.4 is 5.32 Å². The van der Waals surface area contributed by atoms with E-state index in [2.05, 4.69) is 45.7 Å². The molecule has 0 aliphatic carbocycles. The van der Waals surface area contributed by atoms with Crippen LogP contribution in [0.2, 0.25) is 0 Å². The molecule has 0 amide bonds. The van der Waals surface area contributed by atoms with Gasteiger partial charge in [-0.05, 0) is 75.9 Å². The van der Waals surface area contributed by atoms with Gasteiger partial charge in [-0.1, -0.05) is 6.07 Å². The number of hydrogen-bond donors (Lipinski definition) is 3. The smallest absolute Gasteiger partial charge is 0.264 e. The Morgan fingerprint density at radius 2 is 1.85 bits per heavy atom. The number of aromatic hydroxyl groups is 1. The van der Waals surface area contributed by atoms with Crippen molar-refractivity contribution in [1.29, 1.82) is 0 Å². The molecular formula is C24H33N5O4S. The summed E-state index contributed by atoms with van der Waals surface area (Å²) in [5, 5.41) is 14.0. The molecule has 1 fully saturated rings. The van der Waals surface area contributed by atoms with E-state index < -0.39 is 10.1 Å². The van der Waals surface area contributed by atoms with Crippen LogP contribution in [0.1, 0.15) is 41.8 Å². The molecular weight excluding hydrogens is 454 g/mol. The Labute approximate surface area is 200 Å². The molecule has 0 radical (unpaired) electrons. The third-order valence-corrected chi connectivity index (χ3v) is 7.19. The fourth-order valence-corrected chi connectivity index (χ4v) is 5.16. The summed E-state index contributed by atoms with van der Waals surface area (Å²) in [5.41, 5.74) is 5.65. The number of anilines is 1. The van der Waals surface area contributed by atoms with Crippen LogP contribution in [0.5, 0.6) is 5.75 Å². The van der Waals surface area contributed by atoms with E-state index in [1.807, 2.05) is 6.92 Å². The van der Waals surface area contributed by atoms with Crippen molar-refractivity contribution in [3.63, 3.8) is 0 Å². The second-order valence-corrected chi connectivity index (χ2v) is 10.9. The van der Waals surface area contributed by atoms with Gasteiger partial charge in [0.1, 0.15) is 11.4 Å². The van der Waals surface area contributed by atoms with Crippen molar-refractivity contribution >= 4 is 27.1 Å². The molecule has 34 heavy (non-hydrogen) atoms. The molecule has 1 aromatic carbocycles. The number of fused-ring (bicyclic) bond motifs is 1. The van der Waals surface area contributed by atoms with Crippen molar-refractivity contribution in [3.05, 3.63) is 46.8 Å². The molecule has 0 atom stereocenters. The van der Waals surface area contributed by atoms with Crippen LogP contribution in [0.15, 0.2) is 24.3 Å². The standard InChI is InChI=1S/C24H33N5O4S/c1-16-13-17(2)23-21(14-16)29(15-20-22(30)6-5-18(3)25-20)24(27-23)26-19-7-10-28(11-8-19)9-4-12-34(31,32)33/h5-6,13-14,19,30H,4,7-12,15H2,1-3H3,(H,26,27)(H,31,32,33). The number of nitrogens with zero attached hydrogens (tertiary/aromatic N) is 4. The maximum Gasteiger partial charge on any atom is 0.264 e. The summed E-state index contributed by atoms with van der Waals surface area (Å²) in [6.07, 6.45) is 2.24. The van der Waals surface area contributed by atoms with E-state index >= 15 is 0 Å². The van der Waals surface area contributed by atoms with Gasteiger partial charge in [0.15, 0.2) is 0 Å². The van der Waals surface area contributed by atoms with Gasteiger partial charge in [0.25, 0.3) is 10.1 Å². The lowest BCUT2D eigenvalue weighted by atomic mass is 10.1. The summed E-state index contributed by atoms with van der Waals surface area (Å²) < 4.78 is 32.9. The SMILES string of the molecule is Cc1cc(C)c2nc(NC3CCN(CCCS(=O)(=O)O)CC3)n(Cc3nc(C)ccc3O)c2c1. The second-order valence-electron chi connectivity index (χ2n) is 9.29. The predicted molar refractivity (Wildman–Crippen MR) is 133 cm³/mol. The third kappa shape index (κ3) is 5.86. The molecule has 3 N–H and O–H groups in total. The Kier molecular flexibility index (Phi) is 7.11. The summed E-state index contributed by atoms with van der Waals surface area (Å²) in [4.78, 5) is 11.7. The lowest BCUT2D eigenvalue weighted by molar-refractivity contribution is 0.219. The highest BCUT2D eigenvalue weighted by Gasteiger charge is 2.23. The van der Waals surface area contributed by atoms with Gasteiger partial charge in [-0.15, -0.1) is 0 Å². The van der Waals surface area contributed by atoms with Crippen LogP contribution in [0.4, 0.5) is 5.95 Å². The quantitative estimate of drug-likeness (QED) is 0.414. The number of imidazole rings is 1. The molecule has 3 heterocycles. The van der Waals surface area contributed by atoms with Gasteiger partial charge in [0.05, 0.1) is 23.3 Å². The van der Waals surface area contributed by atoms with Crippen LogP contribution >= 0.6 is 0 Å². The van der Waals surface area contributed by atoms with E-state index in [9.17, 15) is 13.5 Å². The summed E-state index contributed by atoms with van der Waals surface area (Å²) in [7, 11) is -3.91. The molecule has 184 valence electrons. The number of hydrogen-bond acceptors (Lipinski definition) is 7. The highest BCUT2D eigenvalue weighted by molar-refractivity contribution is 7.85. The fourth-order valence-electron chi connectivity index (χ4n) is 4.66. The van der Waals surface area contributed by atoms with Crippen molar-refractivity contribution in [1.82, 2.24) is 19.4 Å². The molecule has 0 saturated carbocycles. The zero-order chi connectivity index (χ0) is 24.5. The number of benzene rings is 1. The van der Waals surface area contributed by atoms with Gasteiger partial charge < -0.3 is 19.9 Å². The van der Waals surface area contributed by atoms with Crippen LogP contribution in [0, 0.1) is 20.8 Å². The molecule has 2 aromatic heterocycles. The molecule has 0 bridgehead atoms. The minimum Gasteiger partial charge on any atom is -0.506 e. The monoisotopic (exact) mass is 487 g/mol. The maximum absolute atomic E-state index is 10.9. The normalized spacial score (nSPS) is 15.8. The van der Waals surface area contributed by atoms with E-state index in [0.29, 0.717) is 25.2 Å². The number of aryl methyl sites for hydroxylation is 3. The van der Waals surface area contributed by atoms with Crippen LogP contribution in [0.3, 0.4) is 0 Å². The summed E-state index contributed by atoms with van der Waals surface area (Å²) in [6.45, 7) is 8.79. The lowest BCUT2D eigenvalue weighted by Crippen LogP contribution is -2.40. The van der Waals surface area contributed by atoms with Crippen LogP contribution in [0.25, 0.3) is 11.0 Å². The van der Waals surface area contributed by atoms with Crippen LogP contribution in [-0.2, 0) is 16.7 Å². The topological polar surface area (TPSA) is 121 Å². The molecule has 10 heteroatoms. The average Bonchev–Trinajstić information content (AvgIpc) is 3.08. The van der Waals surface area contributed by atoms with Crippen molar-refractivity contribution in [2.24, 2.45) is 0 Å². The molecule has 4 rings (SSSR count). The first-order valence-electron chi connectivity index (χ1n) is 11.7. The van der Waals surface area contributed by atoms with Gasteiger partial charge in [-0.3, -0.25) is 9.54 Å². The minimum absolute atomic E-state index is 0.168. The van der Waals surface area contributed by atoms with Gasteiger partial charge in [0, 0.05) is 24.8 Å². The Bertz CT molecular complexity index is 1280. The van der Waals surface area contributed by atoms with Gasteiger partial charge in [-0.2, -0.15) is 8.42 Å². The first-order valence-corrected chi connectivity index (χ1v) is 13.3. The lowest BCUT2D eigenvalue weighted by Gasteiger charge is -2.32. The average molecular weight is 488 g/mol. The van der Waals surface area contributed by atoms with E-state index in [-0.39, 0.29) is 17.5 Å². The number of nitrogens with one attached hydrogen (secondary N) is 1. The molecule has 1 saturated heterocycles. The third-order valence-electron chi connectivity index (χ3n) is 6.38. The number of piperidine rings is 1. The summed E-state index contributed by atoms with van der Waals surface area (Å²) in [5.74, 6) is 0.727. The molecule has 3 aromatic rings. The largest absolute Gasteiger partial charge is 0.506 e. The highest BCUT2D eigenvalue weighted by Crippen LogP contribution is 2.28. The first-order chi connectivity index (χ1) is 16.1. The number of rotatable bonds is 8. The first kappa shape index (κ1) is 24.4. The van der Waals surface area contributed by atoms with E-state index in [0.717, 1.165) is 59.7 Å². The Morgan fingerprint density at radius 3 is 2.56 bits per heavy atom. The van der Waals surface area contributed by atoms with Gasteiger partial charge in [0.2, 0.25) is 5.95 Å². The Balaban J connectivity index is 1.53. The number of pyridine rings is 1. The maximum atomic E-state index is 10.9. The zero-order valence-corrected chi connectivity index (χ0v) is 20.8. The minimum atomic E-state index is -3.91. The Hall–Kier alpha value is -2.69. The van der Waals surface area contributed by atoms with Gasteiger partial charge >= 0.3 is 0 Å². The summed E-state index contributed by atoms with van der Waals surface area (Å²) >= 11 is 0. The Morgan fingerprint density at radius 1 is 1.12 bits per heavy atom. The van der Waals surface area contributed by atoms with Crippen molar-refractivity contribution in [2.45, 2.75) is 52.6 Å². The predicted octanol–water partition coefficient (Wildman–Crippen LogP) is 3.26. The molecule has 9 nitrogen and oxygen atoms in total. The van der Waals surface area contributed by atoms with Crippen molar-refractivity contribution in [3.8, 4) is 5.75 Å². The van der Waals surface area contributed by atoms with E-state index in [1.165, 1.54) is 0 Å². The molecule has 1 aliphatic heterocycles. The molecule has 1 aliphatic rings. The number of likely N-dealkylation sites (tertiary alicyclic amines) is 1. The number of aromatic nitrogens is 3. The van der Waals surface area contributed by atoms with Crippen molar-refractivity contribution < 1.29 is 18.1 Å². The second kappa shape index (κ2) is 9.89. The molecule has 0 spiro atoms. The molecule has 0 unspecified atom stereocenters. The van der Waals surface area contributed by atoms with E-state index in [1.54, 1.807) is 12.1 Å². The summed E-state index contributed by atoms with van der Waals surface area (Å²) in [6, 6.07) is 7.94. The van der Waals surface area contributed by atoms with Crippen LogP contribution in [-0.4, -0.2) is 68.9 Å². The fraction of sp³-hybridized carbons (Fsp3) is 0.500. The van der Waals surface area contributed by atoms with E-state index in [4.69, 9.17) is 9.54 Å². The van der Waals surface area contributed by atoms with Gasteiger partial charge in [-0.25, -0.2) is 4.98 Å². The highest BCUT2D eigenvalue weighted by atomic mass is 32.2. The zero-order valence-electron chi connectivity index (χ0n) is 20.0. The van der Waals surface area contributed by atoms with Crippen molar-refractivity contribution in [2.75, 3.05) is 30.7 Å².